The second-order valence-corrected chi connectivity index (χ2v) is 4.57. The fourth-order valence-electron chi connectivity index (χ4n) is 0.969. The summed E-state index contributed by atoms with van der Waals surface area (Å²) in [5, 5.41) is 0. The summed E-state index contributed by atoms with van der Waals surface area (Å²) < 4.78 is 12.9. The Morgan fingerprint density at radius 1 is 1.31 bits per heavy atom. The van der Waals surface area contributed by atoms with E-state index >= 15 is 0 Å². The van der Waals surface area contributed by atoms with E-state index in [1.165, 1.54) is 0 Å². The Morgan fingerprint density at radius 3 is 2.54 bits per heavy atom. The van der Waals surface area contributed by atoms with Crippen molar-refractivity contribution in [1.82, 2.24) is 0 Å². The van der Waals surface area contributed by atoms with Crippen molar-refractivity contribution in [2.75, 3.05) is 13.7 Å². The van der Waals surface area contributed by atoms with Crippen LogP contribution < -0.4 is 9.47 Å². The Labute approximate surface area is 105 Å². The molecule has 1 aromatic rings. The lowest BCUT2D eigenvalue weighted by Gasteiger charge is -2.10. The molecule has 0 amide bonds. The highest BCUT2D eigenvalue weighted by Gasteiger charge is 2.10. The lowest BCUT2D eigenvalue weighted by Crippen LogP contribution is -1.97. The van der Waals surface area contributed by atoms with Crippen molar-refractivity contribution in [1.29, 1.82) is 0 Å². The lowest BCUT2D eigenvalue weighted by atomic mass is 10.3. The van der Waals surface area contributed by atoms with Crippen molar-refractivity contribution >= 4 is 45.2 Å². The van der Waals surface area contributed by atoms with Gasteiger partial charge >= 0.3 is 0 Å². The molecule has 0 aromatic heterocycles. The Hall–Kier alpha value is 0.280. The molecule has 72 valence electrons. The van der Waals surface area contributed by atoms with Crippen molar-refractivity contribution in [3.05, 3.63) is 19.3 Å². The first-order chi connectivity index (χ1) is 6.20. The van der Waals surface area contributed by atoms with Gasteiger partial charge in [-0.15, -0.1) is 0 Å². The molecule has 0 radical (unpaired) electrons. The molecule has 0 saturated heterocycles. The second kappa shape index (κ2) is 5.23. The Bertz CT molecular complexity index is 300. The first-order valence-corrected chi connectivity index (χ1v) is 6.01. The Kier molecular flexibility index (Phi) is 4.57. The van der Waals surface area contributed by atoms with Crippen LogP contribution in [0.1, 0.15) is 6.92 Å². The molecule has 2 nitrogen and oxygen atoms in total. The fraction of sp³-hybridized carbons (Fsp3) is 0.333. The predicted molar refractivity (Wildman–Crippen MR) is 69.6 cm³/mol. The molecule has 0 fully saturated rings. The van der Waals surface area contributed by atoms with Gasteiger partial charge in [0.05, 0.1) is 20.9 Å². The summed E-state index contributed by atoms with van der Waals surface area (Å²) >= 11 is 4.48. The molecule has 0 N–H and O–H groups in total. The largest absolute Gasteiger partial charge is 0.494 e. The van der Waals surface area contributed by atoms with Gasteiger partial charge in [0.2, 0.25) is 0 Å². The SMILES string of the molecule is CCOc1ccc(I)c(OC)c1I. The number of methoxy groups -OCH3 is 1. The van der Waals surface area contributed by atoms with Crippen LogP contribution >= 0.6 is 45.2 Å². The summed E-state index contributed by atoms with van der Waals surface area (Å²) in [6.45, 7) is 2.65. The van der Waals surface area contributed by atoms with Crippen molar-refractivity contribution in [3.8, 4) is 11.5 Å². The molecular weight excluding hydrogens is 394 g/mol. The standard InChI is InChI=1S/C9H10I2O2/c1-3-13-7-5-4-6(10)9(12-2)8(7)11/h4-5H,3H2,1-2H3. The highest BCUT2D eigenvalue weighted by molar-refractivity contribution is 14.1. The summed E-state index contributed by atoms with van der Waals surface area (Å²) in [4.78, 5) is 0. The number of rotatable bonds is 3. The molecule has 1 rings (SSSR count). The molecule has 0 atom stereocenters. The maximum atomic E-state index is 5.44. The van der Waals surface area contributed by atoms with Crippen LogP contribution in [0.2, 0.25) is 0 Å². The van der Waals surface area contributed by atoms with Crippen LogP contribution in [-0.4, -0.2) is 13.7 Å². The molecule has 0 aliphatic rings. The number of benzene rings is 1. The maximum absolute atomic E-state index is 5.44. The van der Waals surface area contributed by atoms with Gasteiger partial charge < -0.3 is 9.47 Å². The zero-order valence-corrected chi connectivity index (χ0v) is 11.7. The van der Waals surface area contributed by atoms with E-state index in [9.17, 15) is 0 Å². The van der Waals surface area contributed by atoms with Crippen LogP contribution in [0.5, 0.6) is 11.5 Å². The van der Waals surface area contributed by atoms with Crippen molar-refractivity contribution < 1.29 is 9.47 Å². The monoisotopic (exact) mass is 404 g/mol. The quantitative estimate of drug-likeness (QED) is 0.721. The predicted octanol–water partition coefficient (Wildman–Crippen LogP) is 3.30. The van der Waals surface area contributed by atoms with Crippen LogP contribution in [0.25, 0.3) is 0 Å². The van der Waals surface area contributed by atoms with E-state index in [1.54, 1.807) is 7.11 Å². The zero-order chi connectivity index (χ0) is 9.84. The molecule has 0 bridgehead atoms. The smallest absolute Gasteiger partial charge is 0.149 e. The third kappa shape index (κ3) is 2.61. The average Bonchev–Trinajstić information content (AvgIpc) is 2.11. The number of halogens is 2. The third-order valence-corrected chi connectivity index (χ3v) is 3.39. The number of hydrogen-bond acceptors (Lipinski definition) is 2. The fourth-order valence-corrected chi connectivity index (χ4v) is 3.00. The molecule has 0 spiro atoms. The topological polar surface area (TPSA) is 18.5 Å². The molecule has 1 aromatic carbocycles. The first-order valence-electron chi connectivity index (χ1n) is 3.85. The highest BCUT2D eigenvalue weighted by atomic mass is 127. The van der Waals surface area contributed by atoms with E-state index in [0.29, 0.717) is 6.61 Å². The van der Waals surface area contributed by atoms with Crippen molar-refractivity contribution in [2.45, 2.75) is 6.92 Å². The normalized spacial score (nSPS) is 9.85. The zero-order valence-electron chi connectivity index (χ0n) is 7.43. The molecule has 0 aliphatic carbocycles. The Balaban J connectivity index is 3.11. The van der Waals surface area contributed by atoms with Gasteiger partial charge in [-0.05, 0) is 64.2 Å². The molecular formula is C9H10I2O2. The van der Waals surface area contributed by atoms with Crippen molar-refractivity contribution in [3.63, 3.8) is 0 Å². The third-order valence-electron chi connectivity index (χ3n) is 1.52. The van der Waals surface area contributed by atoms with Crippen LogP contribution in [0, 0.1) is 7.14 Å². The van der Waals surface area contributed by atoms with Gasteiger partial charge in [0, 0.05) is 0 Å². The maximum Gasteiger partial charge on any atom is 0.149 e. The van der Waals surface area contributed by atoms with Gasteiger partial charge in [0.1, 0.15) is 11.5 Å². The second-order valence-electron chi connectivity index (χ2n) is 2.33. The van der Waals surface area contributed by atoms with Crippen LogP contribution in [0.3, 0.4) is 0 Å². The van der Waals surface area contributed by atoms with Gasteiger partial charge in [-0.1, -0.05) is 0 Å². The van der Waals surface area contributed by atoms with Gasteiger partial charge in [-0.25, -0.2) is 0 Å². The van der Waals surface area contributed by atoms with Crippen molar-refractivity contribution in [2.24, 2.45) is 0 Å². The molecule has 0 saturated carbocycles. The van der Waals surface area contributed by atoms with Crippen LogP contribution in [0.4, 0.5) is 0 Å². The van der Waals surface area contributed by atoms with E-state index in [1.807, 2.05) is 19.1 Å². The number of ether oxygens (including phenoxy) is 2. The van der Waals surface area contributed by atoms with Gasteiger partial charge in [-0.2, -0.15) is 0 Å². The van der Waals surface area contributed by atoms with E-state index in [4.69, 9.17) is 9.47 Å². The molecule has 0 aliphatic heterocycles. The van der Waals surface area contributed by atoms with E-state index in [0.717, 1.165) is 18.6 Å². The summed E-state index contributed by atoms with van der Waals surface area (Å²) in [6, 6.07) is 3.96. The number of hydrogen-bond donors (Lipinski definition) is 0. The molecule has 0 heterocycles. The van der Waals surface area contributed by atoms with E-state index < -0.39 is 0 Å². The van der Waals surface area contributed by atoms with Crippen LogP contribution in [-0.2, 0) is 0 Å². The minimum absolute atomic E-state index is 0.680. The van der Waals surface area contributed by atoms with Gasteiger partial charge in [0.25, 0.3) is 0 Å². The minimum atomic E-state index is 0.680. The Morgan fingerprint density at radius 2 is 2.00 bits per heavy atom. The lowest BCUT2D eigenvalue weighted by molar-refractivity contribution is 0.332. The molecule has 13 heavy (non-hydrogen) atoms. The molecule has 0 unspecified atom stereocenters. The summed E-state index contributed by atoms with van der Waals surface area (Å²) in [6.07, 6.45) is 0. The minimum Gasteiger partial charge on any atom is -0.494 e. The van der Waals surface area contributed by atoms with E-state index in [-0.39, 0.29) is 0 Å². The van der Waals surface area contributed by atoms with Gasteiger partial charge in [-0.3, -0.25) is 0 Å². The first kappa shape index (κ1) is 11.4. The van der Waals surface area contributed by atoms with E-state index in [2.05, 4.69) is 45.2 Å². The summed E-state index contributed by atoms with van der Waals surface area (Å²) in [5.74, 6) is 1.78. The van der Waals surface area contributed by atoms with Gasteiger partial charge in [0.15, 0.2) is 0 Å². The van der Waals surface area contributed by atoms with Crippen LogP contribution in [0.15, 0.2) is 12.1 Å². The highest BCUT2D eigenvalue weighted by Crippen LogP contribution is 2.34. The molecule has 4 heteroatoms. The summed E-state index contributed by atoms with van der Waals surface area (Å²) in [7, 11) is 1.68. The average molecular weight is 404 g/mol. The summed E-state index contributed by atoms with van der Waals surface area (Å²) in [5.41, 5.74) is 0.